The molecule has 0 spiro atoms. The highest BCUT2D eigenvalue weighted by atomic mass is 16.3. The monoisotopic (exact) mass is 347 g/mol. The first kappa shape index (κ1) is 17.8. The van der Waals surface area contributed by atoms with Gasteiger partial charge in [0.2, 0.25) is 0 Å². The van der Waals surface area contributed by atoms with Crippen molar-refractivity contribution in [3.63, 3.8) is 0 Å². The van der Waals surface area contributed by atoms with Crippen LogP contribution >= 0.6 is 0 Å². The van der Waals surface area contributed by atoms with Gasteiger partial charge in [-0.05, 0) is 19.5 Å². The maximum Gasteiger partial charge on any atom is 0.259 e. The van der Waals surface area contributed by atoms with Gasteiger partial charge in [-0.25, -0.2) is 9.50 Å². The lowest BCUT2D eigenvalue weighted by Crippen LogP contribution is -2.48. The van der Waals surface area contributed by atoms with E-state index in [4.69, 9.17) is 0 Å². The molecule has 25 heavy (non-hydrogen) atoms. The summed E-state index contributed by atoms with van der Waals surface area (Å²) in [6.07, 6.45) is 3.88. The fourth-order valence-electron chi connectivity index (χ4n) is 3.13. The molecule has 0 unspecified atom stereocenters. The zero-order valence-electron chi connectivity index (χ0n) is 14.7. The van der Waals surface area contributed by atoms with Crippen LogP contribution in [0.15, 0.2) is 18.6 Å². The minimum Gasteiger partial charge on any atom is -0.390 e. The number of aliphatic hydroxyl groups excluding tert-OH is 2. The Morgan fingerprint density at radius 2 is 2.04 bits per heavy atom. The molecule has 2 aromatic heterocycles. The number of rotatable bonds is 5. The molecule has 0 saturated carbocycles. The van der Waals surface area contributed by atoms with Gasteiger partial charge in [0.1, 0.15) is 5.56 Å². The number of hydrogen-bond donors (Lipinski definition) is 2. The molecule has 8 nitrogen and oxygen atoms in total. The number of amides is 1. The number of carbonyl (C=O) groups is 1. The fraction of sp³-hybridized carbons (Fsp3) is 0.588. The molecule has 0 bridgehead atoms. The number of carbonyl (C=O) groups excluding carboxylic acids is 1. The Bertz CT molecular complexity index is 743. The van der Waals surface area contributed by atoms with Crippen molar-refractivity contribution in [1.82, 2.24) is 24.4 Å². The number of piperidine rings is 1. The number of fused-ring (bicyclic) bond motifs is 1. The Morgan fingerprint density at radius 3 is 2.72 bits per heavy atom. The molecule has 2 atom stereocenters. The van der Waals surface area contributed by atoms with Crippen LogP contribution in [0, 0.1) is 0 Å². The molecule has 0 aliphatic carbocycles. The smallest absolute Gasteiger partial charge is 0.259 e. The van der Waals surface area contributed by atoms with Crippen molar-refractivity contribution < 1.29 is 15.0 Å². The summed E-state index contributed by atoms with van der Waals surface area (Å²) in [6.45, 7) is 7.47. The second kappa shape index (κ2) is 7.47. The van der Waals surface area contributed by atoms with Crippen LogP contribution in [0.4, 0.5) is 0 Å². The summed E-state index contributed by atoms with van der Waals surface area (Å²) in [7, 11) is 0. The molecular formula is C17H25N5O3. The summed E-state index contributed by atoms with van der Waals surface area (Å²) < 4.78 is 1.63. The van der Waals surface area contributed by atoms with Crippen LogP contribution < -0.4 is 0 Å². The molecule has 3 heterocycles. The van der Waals surface area contributed by atoms with Gasteiger partial charge in [-0.2, -0.15) is 5.10 Å². The van der Waals surface area contributed by atoms with Gasteiger partial charge < -0.3 is 15.1 Å². The number of nitrogens with zero attached hydrogens (tertiary/aromatic N) is 5. The van der Waals surface area contributed by atoms with Crippen molar-refractivity contribution in [2.45, 2.75) is 39.0 Å². The Balaban J connectivity index is 1.80. The molecule has 1 fully saturated rings. The molecule has 0 radical (unpaired) electrons. The van der Waals surface area contributed by atoms with Crippen LogP contribution in [0.3, 0.4) is 0 Å². The van der Waals surface area contributed by atoms with E-state index in [2.05, 4.69) is 28.8 Å². The fourth-order valence-corrected chi connectivity index (χ4v) is 3.13. The third-order valence-electron chi connectivity index (χ3n) is 4.77. The Morgan fingerprint density at radius 1 is 1.28 bits per heavy atom. The van der Waals surface area contributed by atoms with Crippen molar-refractivity contribution in [2.75, 3.05) is 26.2 Å². The molecule has 136 valence electrons. The van der Waals surface area contributed by atoms with Crippen LogP contribution in [0.1, 0.15) is 36.2 Å². The van der Waals surface area contributed by atoms with E-state index in [1.807, 2.05) is 6.20 Å². The number of likely N-dealkylation sites (tertiary alicyclic amines) is 1. The van der Waals surface area contributed by atoms with Crippen LogP contribution in [0.5, 0.6) is 0 Å². The second-order valence-electron chi connectivity index (χ2n) is 6.42. The van der Waals surface area contributed by atoms with Crippen molar-refractivity contribution in [2.24, 2.45) is 0 Å². The molecule has 2 aromatic rings. The molecule has 3 rings (SSSR count). The van der Waals surface area contributed by atoms with E-state index in [1.165, 1.54) is 6.20 Å². The molecule has 1 saturated heterocycles. The minimum atomic E-state index is -0.909. The highest BCUT2D eigenvalue weighted by Crippen LogP contribution is 2.17. The van der Waals surface area contributed by atoms with Crippen molar-refractivity contribution in [1.29, 1.82) is 0 Å². The van der Waals surface area contributed by atoms with Crippen molar-refractivity contribution in [3.8, 4) is 0 Å². The predicted octanol–water partition coefficient (Wildman–Crippen LogP) is 0.139. The molecular weight excluding hydrogens is 322 g/mol. The average Bonchev–Trinajstić information content (AvgIpc) is 3.04. The van der Waals surface area contributed by atoms with Gasteiger partial charge >= 0.3 is 0 Å². The summed E-state index contributed by atoms with van der Waals surface area (Å²) in [5.41, 5.74) is 1.96. The first-order valence-electron chi connectivity index (χ1n) is 8.73. The zero-order chi connectivity index (χ0) is 18.0. The van der Waals surface area contributed by atoms with Crippen LogP contribution in [0.25, 0.3) is 5.65 Å². The molecule has 1 aliphatic heterocycles. The first-order chi connectivity index (χ1) is 12.0. The predicted molar refractivity (Wildman–Crippen MR) is 92.1 cm³/mol. The maximum absolute atomic E-state index is 12.7. The summed E-state index contributed by atoms with van der Waals surface area (Å²) in [5, 5.41) is 23.7. The molecule has 0 aromatic carbocycles. The standard InChI is InChI=1S/C17H25N5O3/c1-3-20(4-2)9-12-7-18-16-13(8-19-22(16)10-12)17(25)21-6-5-14(23)15(24)11-21/h7-8,10,14-15,23-24H,3-6,9,11H2,1-2H3/t14-,15-/m0/s1. The van der Waals surface area contributed by atoms with Gasteiger partial charge in [-0.3, -0.25) is 9.69 Å². The van der Waals surface area contributed by atoms with E-state index in [1.54, 1.807) is 15.6 Å². The molecule has 2 N–H and O–H groups in total. The zero-order valence-corrected chi connectivity index (χ0v) is 14.7. The van der Waals surface area contributed by atoms with E-state index in [9.17, 15) is 15.0 Å². The normalized spacial score (nSPS) is 21.2. The second-order valence-corrected chi connectivity index (χ2v) is 6.42. The molecule has 1 amide bonds. The highest BCUT2D eigenvalue weighted by Gasteiger charge is 2.30. The summed E-state index contributed by atoms with van der Waals surface area (Å²) in [5.74, 6) is -0.218. The first-order valence-corrected chi connectivity index (χ1v) is 8.73. The molecule has 8 heteroatoms. The van der Waals surface area contributed by atoms with Crippen molar-refractivity contribution >= 4 is 11.6 Å². The van der Waals surface area contributed by atoms with E-state index in [0.29, 0.717) is 24.2 Å². The van der Waals surface area contributed by atoms with Gasteiger partial charge in [-0.1, -0.05) is 13.8 Å². The van der Waals surface area contributed by atoms with Gasteiger partial charge in [0.25, 0.3) is 5.91 Å². The van der Waals surface area contributed by atoms with Gasteiger partial charge in [0.15, 0.2) is 5.65 Å². The number of aliphatic hydroxyl groups is 2. The van der Waals surface area contributed by atoms with E-state index in [0.717, 1.165) is 25.2 Å². The number of aromatic nitrogens is 3. The molecule has 1 aliphatic rings. The number of β-amino-alcohol motifs (C(OH)–C–C–N with tert-alkyl or cyclic N) is 1. The number of hydrogen-bond acceptors (Lipinski definition) is 6. The Kier molecular flexibility index (Phi) is 5.31. The summed E-state index contributed by atoms with van der Waals surface area (Å²) in [4.78, 5) is 21.0. The van der Waals surface area contributed by atoms with Gasteiger partial charge in [0, 0.05) is 37.6 Å². The van der Waals surface area contributed by atoms with E-state index in [-0.39, 0.29) is 12.5 Å². The van der Waals surface area contributed by atoms with Crippen molar-refractivity contribution in [3.05, 3.63) is 29.7 Å². The SMILES string of the molecule is CCN(CC)Cc1cnc2c(C(=O)N3CC[C@H](O)[C@@H](O)C3)cnn2c1. The highest BCUT2D eigenvalue weighted by molar-refractivity contribution is 5.99. The van der Waals surface area contributed by atoms with Gasteiger partial charge in [0.05, 0.1) is 18.4 Å². The van der Waals surface area contributed by atoms with Crippen LogP contribution in [-0.2, 0) is 6.54 Å². The largest absolute Gasteiger partial charge is 0.390 e. The third-order valence-corrected chi connectivity index (χ3v) is 4.77. The Labute approximate surface area is 146 Å². The maximum atomic E-state index is 12.7. The van der Waals surface area contributed by atoms with Crippen LogP contribution in [0.2, 0.25) is 0 Å². The summed E-state index contributed by atoms with van der Waals surface area (Å²) >= 11 is 0. The lowest BCUT2D eigenvalue weighted by molar-refractivity contribution is -0.0321. The van der Waals surface area contributed by atoms with E-state index >= 15 is 0 Å². The minimum absolute atomic E-state index is 0.122. The lowest BCUT2D eigenvalue weighted by Gasteiger charge is -2.33. The topological polar surface area (TPSA) is 94.2 Å². The van der Waals surface area contributed by atoms with E-state index < -0.39 is 12.2 Å². The third kappa shape index (κ3) is 3.65. The van der Waals surface area contributed by atoms with Gasteiger partial charge in [-0.15, -0.1) is 0 Å². The van der Waals surface area contributed by atoms with Crippen LogP contribution in [-0.4, -0.2) is 78.9 Å². The quantitative estimate of drug-likeness (QED) is 0.799. The Hall–Kier alpha value is -2.03. The average molecular weight is 347 g/mol. The lowest BCUT2D eigenvalue weighted by atomic mass is 10.0. The summed E-state index contributed by atoms with van der Waals surface area (Å²) in [6, 6.07) is 0.